The topological polar surface area (TPSA) is 86.8 Å². The molecule has 2 aromatic rings. The van der Waals surface area contributed by atoms with E-state index in [0.29, 0.717) is 30.9 Å². The van der Waals surface area contributed by atoms with Crippen molar-refractivity contribution in [3.05, 3.63) is 48.2 Å². The van der Waals surface area contributed by atoms with Gasteiger partial charge in [-0.15, -0.1) is 0 Å². The molecule has 2 N–H and O–H groups in total. The normalized spacial score (nSPS) is 17.2. The van der Waals surface area contributed by atoms with Crippen molar-refractivity contribution in [1.82, 2.24) is 15.2 Å². The molecule has 0 unspecified atom stereocenters. The molecule has 0 spiro atoms. The number of methoxy groups -OCH3 is 1. The maximum atomic E-state index is 12.9. The summed E-state index contributed by atoms with van der Waals surface area (Å²) in [7, 11) is 1.61. The lowest BCUT2D eigenvalue weighted by atomic mass is 9.96. The van der Waals surface area contributed by atoms with Gasteiger partial charge in [-0.25, -0.2) is 9.78 Å². The van der Waals surface area contributed by atoms with E-state index in [1.807, 2.05) is 41.3 Å². The SMILES string of the molecule is COc1ccc(C(=O)N2CCCN(c3ccc(NC(=O)NC4CCCCC4)cn3)CC2)cc1. The Morgan fingerprint density at radius 1 is 0.939 bits per heavy atom. The van der Waals surface area contributed by atoms with Crippen LogP contribution in [0.2, 0.25) is 0 Å². The fourth-order valence-corrected chi connectivity index (χ4v) is 4.51. The van der Waals surface area contributed by atoms with E-state index < -0.39 is 0 Å². The van der Waals surface area contributed by atoms with E-state index in [1.165, 1.54) is 19.3 Å². The lowest BCUT2D eigenvalue weighted by molar-refractivity contribution is 0.0767. The van der Waals surface area contributed by atoms with Crippen LogP contribution in [0.25, 0.3) is 0 Å². The Morgan fingerprint density at radius 3 is 2.42 bits per heavy atom. The van der Waals surface area contributed by atoms with E-state index in [-0.39, 0.29) is 18.0 Å². The number of amides is 3. The van der Waals surface area contributed by atoms with Crippen LogP contribution in [0.1, 0.15) is 48.9 Å². The molecule has 0 atom stereocenters. The van der Waals surface area contributed by atoms with Gasteiger partial charge in [-0.2, -0.15) is 0 Å². The number of rotatable bonds is 5. The summed E-state index contributed by atoms with van der Waals surface area (Å²) in [5.41, 5.74) is 1.35. The van der Waals surface area contributed by atoms with Crippen LogP contribution in [0.4, 0.5) is 16.3 Å². The zero-order valence-corrected chi connectivity index (χ0v) is 19.3. The minimum atomic E-state index is -0.168. The highest BCUT2D eigenvalue weighted by Gasteiger charge is 2.21. The minimum absolute atomic E-state index is 0.0380. The highest BCUT2D eigenvalue weighted by Crippen LogP contribution is 2.20. The van der Waals surface area contributed by atoms with E-state index in [2.05, 4.69) is 20.5 Å². The summed E-state index contributed by atoms with van der Waals surface area (Å²) in [4.78, 5) is 33.8. The molecule has 2 aliphatic rings. The van der Waals surface area contributed by atoms with E-state index in [1.54, 1.807) is 13.3 Å². The van der Waals surface area contributed by atoms with Gasteiger partial charge in [0.25, 0.3) is 5.91 Å². The second kappa shape index (κ2) is 11.0. The molecule has 1 aromatic carbocycles. The zero-order valence-electron chi connectivity index (χ0n) is 19.3. The Morgan fingerprint density at radius 2 is 1.73 bits per heavy atom. The molecule has 1 aliphatic carbocycles. The third-order valence-electron chi connectivity index (χ3n) is 6.39. The average molecular weight is 452 g/mol. The van der Waals surface area contributed by atoms with E-state index >= 15 is 0 Å². The molecule has 0 radical (unpaired) electrons. The highest BCUT2D eigenvalue weighted by atomic mass is 16.5. The maximum Gasteiger partial charge on any atom is 0.319 e. The molecule has 1 saturated carbocycles. The van der Waals surface area contributed by atoms with Crippen molar-refractivity contribution in [2.24, 2.45) is 0 Å². The minimum Gasteiger partial charge on any atom is -0.497 e. The number of nitrogens with one attached hydrogen (secondary N) is 2. The molecule has 33 heavy (non-hydrogen) atoms. The molecule has 2 fully saturated rings. The fraction of sp³-hybridized carbons (Fsp3) is 0.480. The van der Waals surface area contributed by atoms with Crippen LogP contribution in [0.15, 0.2) is 42.6 Å². The molecule has 0 bridgehead atoms. The standard InChI is InChI=1S/C25H33N5O3/c1-33-22-11-8-19(9-12-22)24(31)30-15-5-14-29(16-17-30)23-13-10-21(18-26-23)28-25(32)27-20-6-3-2-4-7-20/h8-13,18,20H,2-7,14-17H2,1H3,(H2,27,28,32). The van der Waals surface area contributed by atoms with Crippen molar-refractivity contribution in [1.29, 1.82) is 0 Å². The molecule has 8 heteroatoms. The number of pyridine rings is 1. The summed E-state index contributed by atoms with van der Waals surface area (Å²) in [6.07, 6.45) is 8.29. The number of carbonyl (C=O) groups is 2. The number of hydrogen-bond acceptors (Lipinski definition) is 5. The summed E-state index contributed by atoms with van der Waals surface area (Å²) in [6, 6.07) is 11.2. The van der Waals surface area contributed by atoms with Crippen LogP contribution in [-0.2, 0) is 0 Å². The van der Waals surface area contributed by atoms with Gasteiger partial charge in [0.1, 0.15) is 11.6 Å². The van der Waals surface area contributed by atoms with Crippen LogP contribution in [0, 0.1) is 0 Å². The lowest BCUT2D eigenvalue weighted by Gasteiger charge is -2.24. The van der Waals surface area contributed by atoms with Gasteiger partial charge in [0.2, 0.25) is 0 Å². The molecular weight excluding hydrogens is 418 g/mol. The fourth-order valence-electron chi connectivity index (χ4n) is 4.51. The van der Waals surface area contributed by atoms with Gasteiger partial charge in [0.15, 0.2) is 0 Å². The Bertz CT molecular complexity index is 926. The second-order valence-electron chi connectivity index (χ2n) is 8.70. The summed E-state index contributed by atoms with van der Waals surface area (Å²) in [5, 5.41) is 5.94. The predicted octanol–water partition coefficient (Wildman–Crippen LogP) is 3.90. The first-order chi connectivity index (χ1) is 16.1. The Hall–Kier alpha value is -3.29. The van der Waals surface area contributed by atoms with Gasteiger partial charge in [0.05, 0.1) is 19.0 Å². The number of aromatic nitrogens is 1. The van der Waals surface area contributed by atoms with Gasteiger partial charge < -0.3 is 25.2 Å². The van der Waals surface area contributed by atoms with Crippen molar-refractivity contribution >= 4 is 23.4 Å². The third kappa shape index (κ3) is 6.15. The van der Waals surface area contributed by atoms with E-state index in [4.69, 9.17) is 4.74 Å². The molecular formula is C25H33N5O3. The summed E-state index contributed by atoms with van der Waals surface area (Å²) in [5.74, 6) is 1.63. The van der Waals surface area contributed by atoms with Gasteiger partial charge in [-0.3, -0.25) is 4.79 Å². The Labute approximate surface area is 195 Å². The van der Waals surface area contributed by atoms with Crippen LogP contribution in [0.3, 0.4) is 0 Å². The molecule has 8 nitrogen and oxygen atoms in total. The predicted molar refractivity (Wildman–Crippen MR) is 129 cm³/mol. The number of urea groups is 1. The molecule has 1 aliphatic heterocycles. The molecule has 2 heterocycles. The second-order valence-corrected chi connectivity index (χ2v) is 8.70. The molecule has 1 aromatic heterocycles. The van der Waals surface area contributed by atoms with E-state index in [0.717, 1.165) is 37.4 Å². The van der Waals surface area contributed by atoms with Crippen molar-refractivity contribution in [2.45, 2.75) is 44.6 Å². The van der Waals surface area contributed by atoms with Crippen molar-refractivity contribution in [2.75, 3.05) is 43.5 Å². The first-order valence-electron chi connectivity index (χ1n) is 11.8. The smallest absolute Gasteiger partial charge is 0.319 e. The van der Waals surface area contributed by atoms with Crippen LogP contribution in [-0.4, -0.2) is 61.2 Å². The number of hydrogen-bond donors (Lipinski definition) is 2. The van der Waals surface area contributed by atoms with Gasteiger partial charge in [-0.05, 0) is 55.7 Å². The monoisotopic (exact) mass is 451 g/mol. The van der Waals surface area contributed by atoms with Gasteiger partial charge in [0, 0.05) is 37.8 Å². The highest BCUT2D eigenvalue weighted by molar-refractivity contribution is 5.94. The summed E-state index contributed by atoms with van der Waals surface area (Å²) >= 11 is 0. The molecule has 1 saturated heterocycles. The van der Waals surface area contributed by atoms with E-state index in [9.17, 15) is 9.59 Å². The van der Waals surface area contributed by atoms with Crippen molar-refractivity contribution in [3.63, 3.8) is 0 Å². The number of ether oxygens (including phenoxy) is 1. The Kier molecular flexibility index (Phi) is 7.65. The van der Waals surface area contributed by atoms with Crippen molar-refractivity contribution in [3.8, 4) is 5.75 Å². The first kappa shape index (κ1) is 22.9. The number of anilines is 2. The molecule has 3 amide bonds. The van der Waals surface area contributed by atoms with Gasteiger partial charge >= 0.3 is 6.03 Å². The van der Waals surface area contributed by atoms with Crippen LogP contribution >= 0.6 is 0 Å². The summed E-state index contributed by atoms with van der Waals surface area (Å²) < 4.78 is 5.18. The first-order valence-corrected chi connectivity index (χ1v) is 11.8. The number of nitrogens with zero attached hydrogens (tertiary/aromatic N) is 3. The van der Waals surface area contributed by atoms with Crippen LogP contribution in [0.5, 0.6) is 5.75 Å². The zero-order chi connectivity index (χ0) is 23.0. The van der Waals surface area contributed by atoms with Crippen LogP contribution < -0.4 is 20.3 Å². The molecule has 4 rings (SSSR count). The number of carbonyl (C=O) groups excluding carboxylic acids is 2. The van der Waals surface area contributed by atoms with Gasteiger partial charge in [-0.1, -0.05) is 19.3 Å². The quantitative estimate of drug-likeness (QED) is 0.720. The third-order valence-corrected chi connectivity index (χ3v) is 6.39. The largest absolute Gasteiger partial charge is 0.497 e. The Balaban J connectivity index is 1.29. The van der Waals surface area contributed by atoms with Crippen molar-refractivity contribution < 1.29 is 14.3 Å². The summed E-state index contributed by atoms with van der Waals surface area (Å²) in [6.45, 7) is 2.89. The molecule has 176 valence electrons. The lowest BCUT2D eigenvalue weighted by Crippen LogP contribution is -2.39. The maximum absolute atomic E-state index is 12.9. The number of benzene rings is 1. The average Bonchev–Trinajstić information content (AvgIpc) is 3.11.